The third-order valence-electron chi connectivity index (χ3n) is 5.05. The standard InChI is InChI=1S/C27H29NO9S/c1-6-34-23(30)15-37-20-10-9-17(12-21(20)33-5)11-18(14-28)19(29)13-22-24(26(31)35-7-2)16(4)25(38-22)27(32)36-8-3/h9-12H,6-8,13,15H2,1-5H3/b18-11+. The van der Waals surface area contributed by atoms with Crippen LogP contribution in [0.1, 0.15) is 56.8 Å². The fourth-order valence-corrected chi connectivity index (χ4v) is 4.56. The lowest BCUT2D eigenvalue weighted by molar-refractivity contribution is -0.145. The molecule has 0 amide bonds. The summed E-state index contributed by atoms with van der Waals surface area (Å²) in [6.07, 6.45) is 1.08. The average molecular weight is 544 g/mol. The number of hydrogen-bond acceptors (Lipinski definition) is 11. The summed E-state index contributed by atoms with van der Waals surface area (Å²) in [5.41, 5.74) is 0.775. The van der Waals surface area contributed by atoms with Gasteiger partial charge in [-0.2, -0.15) is 5.26 Å². The van der Waals surface area contributed by atoms with Crippen molar-refractivity contribution in [2.75, 3.05) is 33.5 Å². The third kappa shape index (κ3) is 7.66. The van der Waals surface area contributed by atoms with E-state index >= 15 is 0 Å². The first kappa shape index (κ1) is 30.1. The van der Waals surface area contributed by atoms with Crippen molar-refractivity contribution in [2.45, 2.75) is 34.1 Å². The number of ketones is 1. The van der Waals surface area contributed by atoms with Crippen molar-refractivity contribution in [2.24, 2.45) is 0 Å². The number of carbonyl (C=O) groups excluding carboxylic acids is 4. The first-order valence-electron chi connectivity index (χ1n) is 11.8. The van der Waals surface area contributed by atoms with Gasteiger partial charge in [0.2, 0.25) is 0 Å². The van der Waals surface area contributed by atoms with Crippen molar-refractivity contribution in [3.05, 3.63) is 50.2 Å². The highest BCUT2D eigenvalue weighted by Gasteiger charge is 2.28. The first-order valence-corrected chi connectivity index (χ1v) is 12.6. The van der Waals surface area contributed by atoms with E-state index in [1.165, 1.54) is 19.3 Å². The minimum absolute atomic E-state index is 0.112. The summed E-state index contributed by atoms with van der Waals surface area (Å²) in [7, 11) is 1.41. The van der Waals surface area contributed by atoms with Crippen LogP contribution in [0.2, 0.25) is 0 Å². The second-order valence-corrected chi connectivity index (χ2v) is 8.67. The van der Waals surface area contributed by atoms with Crippen LogP contribution >= 0.6 is 11.3 Å². The number of methoxy groups -OCH3 is 1. The van der Waals surface area contributed by atoms with Crippen LogP contribution < -0.4 is 9.47 Å². The highest BCUT2D eigenvalue weighted by molar-refractivity contribution is 7.14. The molecule has 11 heteroatoms. The van der Waals surface area contributed by atoms with Crippen molar-refractivity contribution in [3.63, 3.8) is 0 Å². The fraction of sp³-hybridized carbons (Fsp3) is 0.370. The van der Waals surface area contributed by atoms with Gasteiger partial charge in [-0.15, -0.1) is 11.3 Å². The molecule has 0 fully saturated rings. The molecule has 2 rings (SSSR count). The van der Waals surface area contributed by atoms with Gasteiger partial charge in [0.1, 0.15) is 10.9 Å². The Labute approximate surface area is 224 Å². The van der Waals surface area contributed by atoms with Crippen molar-refractivity contribution >= 4 is 41.1 Å². The molecule has 0 unspecified atom stereocenters. The smallest absolute Gasteiger partial charge is 0.348 e. The van der Waals surface area contributed by atoms with Gasteiger partial charge in [0.05, 0.1) is 38.1 Å². The van der Waals surface area contributed by atoms with Crippen molar-refractivity contribution < 1.29 is 42.9 Å². The Morgan fingerprint density at radius 2 is 1.63 bits per heavy atom. The van der Waals surface area contributed by atoms with E-state index in [0.717, 1.165) is 11.3 Å². The van der Waals surface area contributed by atoms with Crippen LogP contribution in [0.15, 0.2) is 23.8 Å². The molecule has 1 heterocycles. The highest BCUT2D eigenvalue weighted by atomic mass is 32.1. The molecule has 0 aliphatic carbocycles. The maximum atomic E-state index is 13.1. The van der Waals surface area contributed by atoms with Gasteiger partial charge in [0, 0.05) is 11.3 Å². The number of allylic oxidation sites excluding steroid dienone is 1. The van der Waals surface area contributed by atoms with E-state index in [1.54, 1.807) is 39.8 Å². The zero-order valence-corrected chi connectivity index (χ0v) is 22.7. The van der Waals surface area contributed by atoms with Crippen molar-refractivity contribution in [1.82, 2.24) is 0 Å². The lowest BCUT2D eigenvalue weighted by Crippen LogP contribution is -2.14. The van der Waals surface area contributed by atoms with Crippen LogP contribution in [0.3, 0.4) is 0 Å². The van der Waals surface area contributed by atoms with Gasteiger partial charge in [-0.3, -0.25) is 4.79 Å². The monoisotopic (exact) mass is 543 g/mol. The molecule has 0 aliphatic rings. The predicted molar refractivity (Wildman–Crippen MR) is 138 cm³/mol. The average Bonchev–Trinajstić information content (AvgIpc) is 3.22. The number of ether oxygens (including phenoxy) is 5. The lowest BCUT2D eigenvalue weighted by atomic mass is 10.0. The van der Waals surface area contributed by atoms with Crippen molar-refractivity contribution in [1.29, 1.82) is 5.26 Å². The quantitative estimate of drug-likeness (QED) is 0.157. The molecule has 0 bridgehead atoms. The van der Waals surface area contributed by atoms with E-state index in [-0.39, 0.29) is 60.4 Å². The molecule has 38 heavy (non-hydrogen) atoms. The van der Waals surface area contributed by atoms with E-state index in [0.29, 0.717) is 16.0 Å². The number of benzene rings is 1. The Hall–Kier alpha value is -4.17. The summed E-state index contributed by atoms with van der Waals surface area (Å²) in [6.45, 7) is 6.76. The van der Waals surface area contributed by atoms with Gasteiger partial charge in [-0.05, 0) is 57.0 Å². The minimum Gasteiger partial charge on any atom is -0.493 e. The van der Waals surface area contributed by atoms with Crippen LogP contribution in [0, 0.1) is 18.3 Å². The topological polar surface area (TPSA) is 138 Å². The van der Waals surface area contributed by atoms with E-state index in [2.05, 4.69) is 0 Å². The lowest BCUT2D eigenvalue weighted by Gasteiger charge is -2.11. The summed E-state index contributed by atoms with van der Waals surface area (Å²) in [4.78, 5) is 50.1. The van der Waals surface area contributed by atoms with E-state index in [1.807, 2.05) is 6.07 Å². The molecule has 0 N–H and O–H groups in total. The highest BCUT2D eigenvalue weighted by Crippen LogP contribution is 2.32. The molecule has 10 nitrogen and oxygen atoms in total. The molecule has 0 spiro atoms. The van der Waals surface area contributed by atoms with Crippen LogP contribution in [0.5, 0.6) is 11.5 Å². The van der Waals surface area contributed by atoms with E-state index in [9.17, 15) is 24.4 Å². The molecule has 0 radical (unpaired) electrons. The SMILES string of the molecule is CCOC(=O)COc1ccc(/C=C(\C#N)C(=O)Cc2sc(C(=O)OCC)c(C)c2C(=O)OCC)cc1OC. The van der Waals surface area contributed by atoms with Crippen LogP contribution in [-0.2, 0) is 30.2 Å². The molecule has 2 aromatic rings. The maximum Gasteiger partial charge on any atom is 0.348 e. The number of rotatable bonds is 13. The van der Waals surface area contributed by atoms with E-state index < -0.39 is 23.7 Å². The maximum absolute atomic E-state index is 13.1. The fourth-order valence-electron chi connectivity index (χ4n) is 3.37. The second-order valence-electron chi connectivity index (χ2n) is 7.57. The van der Waals surface area contributed by atoms with Crippen molar-refractivity contribution in [3.8, 4) is 17.6 Å². The normalized spacial score (nSPS) is 10.8. The number of nitrogens with zero attached hydrogens (tertiary/aromatic N) is 1. The molecule has 0 saturated heterocycles. The Balaban J connectivity index is 2.35. The molecule has 0 aliphatic heterocycles. The summed E-state index contributed by atoms with van der Waals surface area (Å²) in [5, 5.41) is 9.68. The molecular weight excluding hydrogens is 514 g/mol. The van der Waals surface area contributed by atoms with Gasteiger partial charge in [-0.1, -0.05) is 6.07 Å². The molecule has 1 aromatic carbocycles. The number of esters is 3. The summed E-state index contributed by atoms with van der Waals surface area (Å²) >= 11 is 0.963. The predicted octanol–water partition coefficient (Wildman–Crippen LogP) is 4.08. The van der Waals surface area contributed by atoms with Gasteiger partial charge >= 0.3 is 17.9 Å². The number of Topliss-reactive ketones (excluding diaryl/α,β-unsaturated/α-hetero) is 1. The summed E-state index contributed by atoms with van der Waals surface area (Å²) in [5.74, 6) is -1.80. The van der Waals surface area contributed by atoms with Crippen LogP contribution in [-0.4, -0.2) is 57.2 Å². The zero-order chi connectivity index (χ0) is 28.2. The second kappa shape index (κ2) is 14.5. The van der Waals surface area contributed by atoms with Crippen LogP contribution in [0.4, 0.5) is 0 Å². The molecule has 1 aromatic heterocycles. The Morgan fingerprint density at radius 1 is 0.974 bits per heavy atom. The van der Waals surface area contributed by atoms with Gasteiger partial charge < -0.3 is 23.7 Å². The minimum atomic E-state index is -0.662. The van der Waals surface area contributed by atoms with Gasteiger partial charge in [0.25, 0.3) is 0 Å². The number of hydrogen-bond donors (Lipinski definition) is 0. The zero-order valence-electron chi connectivity index (χ0n) is 21.9. The van der Waals surface area contributed by atoms with Crippen LogP contribution in [0.25, 0.3) is 6.08 Å². The number of carbonyl (C=O) groups is 4. The van der Waals surface area contributed by atoms with Gasteiger partial charge in [-0.25, -0.2) is 14.4 Å². The Morgan fingerprint density at radius 3 is 2.24 bits per heavy atom. The summed E-state index contributed by atoms with van der Waals surface area (Å²) < 4.78 is 25.8. The number of thiophene rings is 1. The summed E-state index contributed by atoms with van der Waals surface area (Å²) in [6, 6.07) is 6.56. The molecule has 0 saturated carbocycles. The molecule has 0 atom stereocenters. The third-order valence-corrected chi connectivity index (χ3v) is 6.32. The Kier molecular flexibility index (Phi) is 11.5. The largest absolute Gasteiger partial charge is 0.493 e. The van der Waals surface area contributed by atoms with Gasteiger partial charge in [0.15, 0.2) is 23.9 Å². The number of nitriles is 1. The Bertz CT molecular complexity index is 1270. The van der Waals surface area contributed by atoms with E-state index in [4.69, 9.17) is 23.7 Å². The molecular formula is C27H29NO9S. The first-order chi connectivity index (χ1) is 18.2. The molecule has 202 valence electrons.